The van der Waals surface area contributed by atoms with E-state index in [4.69, 9.17) is 9.47 Å². The van der Waals surface area contributed by atoms with Crippen LogP contribution in [0, 0.1) is 12.8 Å². The minimum absolute atomic E-state index is 0.0465. The number of thiophene rings is 1. The van der Waals surface area contributed by atoms with Crippen LogP contribution in [0.4, 0.5) is 0 Å². The Bertz CT molecular complexity index is 770. The molecule has 0 aliphatic heterocycles. The molecule has 2 aromatic heterocycles. The first-order chi connectivity index (χ1) is 11.5. The number of amides is 1. The molecule has 6 nitrogen and oxygen atoms in total. The van der Waals surface area contributed by atoms with E-state index in [1.807, 2.05) is 18.9 Å². The number of fused-ring (bicyclic) bond motifs is 1. The smallest absolute Gasteiger partial charge is 0.264 e. The topological polar surface area (TPSA) is 64.6 Å². The van der Waals surface area contributed by atoms with Gasteiger partial charge in [0, 0.05) is 20.2 Å². The Labute approximate surface area is 145 Å². The first kappa shape index (κ1) is 17.1. The van der Waals surface area contributed by atoms with Gasteiger partial charge >= 0.3 is 0 Å². The molecular weight excluding hydrogens is 326 g/mol. The van der Waals surface area contributed by atoms with E-state index in [0.29, 0.717) is 29.1 Å². The maximum atomic E-state index is 12.9. The fourth-order valence-corrected chi connectivity index (χ4v) is 4.10. The molecule has 2 heterocycles. The number of carbonyl (C=O) groups is 1. The van der Waals surface area contributed by atoms with E-state index in [2.05, 4.69) is 16.9 Å². The number of hydrogen-bond donors (Lipinski definition) is 0. The number of hydrogen-bond acceptors (Lipinski definition) is 6. The van der Waals surface area contributed by atoms with Crippen LogP contribution in [0.2, 0.25) is 0 Å². The zero-order chi connectivity index (χ0) is 17.4. The molecule has 0 radical (unpaired) electrons. The third kappa shape index (κ3) is 2.98. The van der Waals surface area contributed by atoms with E-state index >= 15 is 0 Å². The predicted molar refractivity (Wildman–Crippen MR) is 93.7 cm³/mol. The second-order valence-electron chi connectivity index (χ2n) is 6.31. The van der Waals surface area contributed by atoms with E-state index in [-0.39, 0.29) is 11.9 Å². The van der Waals surface area contributed by atoms with Crippen LogP contribution in [0.15, 0.2) is 0 Å². The Hall–Kier alpha value is -1.73. The molecule has 0 saturated heterocycles. The van der Waals surface area contributed by atoms with Crippen LogP contribution in [0.5, 0.6) is 5.88 Å². The van der Waals surface area contributed by atoms with E-state index in [0.717, 1.165) is 15.8 Å². The van der Waals surface area contributed by atoms with Crippen molar-refractivity contribution in [2.24, 2.45) is 5.92 Å². The van der Waals surface area contributed by atoms with Gasteiger partial charge in [0.05, 0.1) is 17.4 Å². The zero-order valence-electron chi connectivity index (χ0n) is 14.8. The van der Waals surface area contributed by atoms with Gasteiger partial charge in [-0.3, -0.25) is 4.79 Å². The second kappa shape index (κ2) is 6.64. The Morgan fingerprint density at radius 2 is 2.08 bits per heavy atom. The number of methoxy groups -OCH3 is 2. The summed E-state index contributed by atoms with van der Waals surface area (Å²) in [6.45, 7) is 4.37. The van der Waals surface area contributed by atoms with E-state index in [9.17, 15) is 4.79 Å². The Balaban J connectivity index is 2.02. The van der Waals surface area contributed by atoms with Crippen molar-refractivity contribution in [1.29, 1.82) is 0 Å². The van der Waals surface area contributed by atoms with Gasteiger partial charge in [0.1, 0.15) is 11.4 Å². The summed E-state index contributed by atoms with van der Waals surface area (Å²) in [4.78, 5) is 25.2. The molecule has 2 aromatic rings. The van der Waals surface area contributed by atoms with E-state index in [1.54, 1.807) is 14.2 Å². The van der Waals surface area contributed by atoms with Crippen molar-refractivity contribution in [3.63, 3.8) is 0 Å². The lowest BCUT2D eigenvalue weighted by Gasteiger charge is -2.24. The highest BCUT2D eigenvalue weighted by molar-refractivity contribution is 7.20. The quantitative estimate of drug-likeness (QED) is 0.802. The maximum Gasteiger partial charge on any atom is 0.264 e. The summed E-state index contributed by atoms with van der Waals surface area (Å²) < 4.78 is 10.5. The molecule has 1 saturated carbocycles. The second-order valence-corrected chi connectivity index (χ2v) is 7.31. The van der Waals surface area contributed by atoms with Gasteiger partial charge in [0.15, 0.2) is 5.82 Å². The summed E-state index contributed by atoms with van der Waals surface area (Å²) in [6, 6.07) is 0.263. The SMILES string of the molecule is COCc1nc(OC)c2c(C)c(C(=O)N(C)C(C)C3CC3)sc2n1. The Morgan fingerprint density at radius 1 is 1.38 bits per heavy atom. The largest absolute Gasteiger partial charge is 0.480 e. The monoisotopic (exact) mass is 349 g/mol. The van der Waals surface area contributed by atoms with Crippen molar-refractivity contribution < 1.29 is 14.3 Å². The van der Waals surface area contributed by atoms with Crippen LogP contribution < -0.4 is 4.74 Å². The van der Waals surface area contributed by atoms with Crippen LogP contribution in [-0.2, 0) is 11.3 Å². The van der Waals surface area contributed by atoms with E-state index < -0.39 is 0 Å². The average Bonchev–Trinajstić information content (AvgIpc) is 3.37. The third-order valence-corrected chi connectivity index (χ3v) is 5.87. The fraction of sp³-hybridized carbons (Fsp3) is 0.588. The number of nitrogens with zero attached hydrogens (tertiary/aromatic N) is 3. The molecule has 1 unspecified atom stereocenters. The van der Waals surface area contributed by atoms with Crippen LogP contribution in [0.3, 0.4) is 0 Å². The molecule has 130 valence electrons. The number of carbonyl (C=O) groups excluding carboxylic acids is 1. The molecule has 3 rings (SSSR count). The van der Waals surface area contributed by atoms with Crippen LogP contribution >= 0.6 is 11.3 Å². The summed E-state index contributed by atoms with van der Waals surface area (Å²) in [5.41, 5.74) is 0.885. The van der Waals surface area contributed by atoms with E-state index in [1.165, 1.54) is 24.2 Å². The predicted octanol–water partition coefficient (Wildman–Crippen LogP) is 3.03. The summed E-state index contributed by atoms with van der Waals surface area (Å²) in [7, 11) is 5.07. The summed E-state index contributed by atoms with van der Waals surface area (Å²) in [5, 5.41) is 0.818. The highest BCUT2D eigenvalue weighted by Gasteiger charge is 2.34. The minimum Gasteiger partial charge on any atom is -0.480 e. The van der Waals surface area contributed by atoms with Gasteiger partial charge in [-0.15, -0.1) is 11.3 Å². The molecule has 0 spiro atoms. The van der Waals surface area contributed by atoms with Gasteiger partial charge in [0.2, 0.25) is 5.88 Å². The molecular formula is C17H23N3O3S. The molecule has 0 bridgehead atoms. The fourth-order valence-electron chi connectivity index (χ4n) is 2.93. The lowest BCUT2D eigenvalue weighted by atomic mass is 10.1. The maximum absolute atomic E-state index is 12.9. The van der Waals surface area contributed by atoms with Crippen LogP contribution in [-0.4, -0.2) is 48.1 Å². The lowest BCUT2D eigenvalue weighted by Crippen LogP contribution is -2.36. The first-order valence-electron chi connectivity index (χ1n) is 8.08. The Kier molecular flexibility index (Phi) is 4.73. The molecule has 1 atom stereocenters. The standard InChI is InChI=1S/C17H23N3O3S/c1-9-13-15(23-5)18-12(8-22-4)19-16(13)24-14(9)17(21)20(3)10(2)11-6-7-11/h10-11H,6-8H2,1-5H3. The molecule has 24 heavy (non-hydrogen) atoms. The number of ether oxygens (including phenoxy) is 2. The number of rotatable bonds is 6. The summed E-state index contributed by atoms with van der Waals surface area (Å²) in [6.07, 6.45) is 2.42. The van der Waals surface area contributed by atoms with Crippen molar-refractivity contribution in [1.82, 2.24) is 14.9 Å². The van der Waals surface area contributed by atoms with Crippen molar-refractivity contribution in [3.8, 4) is 5.88 Å². The zero-order valence-corrected chi connectivity index (χ0v) is 15.6. The van der Waals surface area contributed by atoms with Gasteiger partial charge < -0.3 is 14.4 Å². The van der Waals surface area contributed by atoms with Gasteiger partial charge in [0.25, 0.3) is 5.91 Å². The molecule has 0 aromatic carbocycles. The van der Waals surface area contributed by atoms with Crippen LogP contribution in [0.25, 0.3) is 10.2 Å². The minimum atomic E-state index is 0.0465. The lowest BCUT2D eigenvalue weighted by molar-refractivity contribution is 0.0731. The van der Waals surface area contributed by atoms with Gasteiger partial charge in [-0.25, -0.2) is 4.98 Å². The Morgan fingerprint density at radius 3 is 2.67 bits per heavy atom. The molecule has 1 amide bonds. The average molecular weight is 349 g/mol. The summed E-state index contributed by atoms with van der Waals surface area (Å²) >= 11 is 1.40. The van der Waals surface area contributed by atoms with Crippen molar-refractivity contribution in [3.05, 3.63) is 16.3 Å². The van der Waals surface area contributed by atoms with Gasteiger partial charge in [-0.1, -0.05) is 0 Å². The van der Waals surface area contributed by atoms with Crippen molar-refractivity contribution >= 4 is 27.5 Å². The molecule has 7 heteroatoms. The highest BCUT2D eigenvalue weighted by atomic mass is 32.1. The first-order valence-corrected chi connectivity index (χ1v) is 8.89. The van der Waals surface area contributed by atoms with Gasteiger partial charge in [-0.2, -0.15) is 4.98 Å². The van der Waals surface area contributed by atoms with Crippen molar-refractivity contribution in [2.75, 3.05) is 21.3 Å². The summed E-state index contributed by atoms with van der Waals surface area (Å²) in [5.74, 6) is 1.74. The van der Waals surface area contributed by atoms with Gasteiger partial charge in [-0.05, 0) is 38.2 Å². The van der Waals surface area contributed by atoms with Crippen LogP contribution in [0.1, 0.15) is 40.8 Å². The highest BCUT2D eigenvalue weighted by Crippen LogP contribution is 2.38. The molecule has 0 N–H and O–H groups in total. The number of aryl methyl sites for hydroxylation is 1. The molecule has 1 fully saturated rings. The normalized spacial score (nSPS) is 15.5. The number of aromatic nitrogens is 2. The van der Waals surface area contributed by atoms with Crippen molar-refractivity contribution in [2.45, 2.75) is 39.3 Å². The molecule has 1 aliphatic carbocycles. The molecule has 1 aliphatic rings. The third-order valence-electron chi connectivity index (χ3n) is 4.70.